The number of hydrogen-bond donors (Lipinski definition) is 3. The van der Waals surface area contributed by atoms with Crippen LogP contribution in [0.25, 0.3) is 5.65 Å². The van der Waals surface area contributed by atoms with Crippen LogP contribution >= 0.6 is 0 Å². The van der Waals surface area contributed by atoms with E-state index in [1.807, 2.05) is 0 Å². The first-order chi connectivity index (χ1) is 7.29. The molecule has 0 aromatic carbocycles. The predicted molar refractivity (Wildman–Crippen MR) is 54.6 cm³/mol. The zero-order valence-electron chi connectivity index (χ0n) is 8.04. The van der Waals surface area contributed by atoms with Gasteiger partial charge in [0, 0.05) is 18.8 Å². The Hall–Kier alpha value is -1.66. The van der Waals surface area contributed by atoms with Gasteiger partial charge in [-0.25, -0.2) is 9.50 Å². The van der Waals surface area contributed by atoms with Crippen LogP contribution in [0, 0.1) is 0 Å². The molecule has 0 saturated heterocycles. The van der Waals surface area contributed by atoms with Gasteiger partial charge < -0.3 is 15.5 Å². The third-order valence-corrected chi connectivity index (χ3v) is 1.99. The maximum Gasteiger partial charge on any atom is 0.157 e. The van der Waals surface area contributed by atoms with Gasteiger partial charge in [-0.05, 0) is 6.07 Å². The Kier molecular flexibility index (Phi) is 2.79. The molecule has 2 aromatic rings. The number of nitrogens with one attached hydrogen (secondary N) is 1. The van der Waals surface area contributed by atoms with Gasteiger partial charge in [-0.2, -0.15) is 5.10 Å². The second-order valence-electron chi connectivity index (χ2n) is 3.16. The van der Waals surface area contributed by atoms with E-state index in [9.17, 15) is 0 Å². The summed E-state index contributed by atoms with van der Waals surface area (Å²) in [6.45, 7) is 0.00966. The molecule has 0 aliphatic rings. The van der Waals surface area contributed by atoms with Crippen molar-refractivity contribution in [1.29, 1.82) is 0 Å². The summed E-state index contributed by atoms with van der Waals surface area (Å²) < 4.78 is 1.65. The molecule has 6 nitrogen and oxygen atoms in total. The lowest BCUT2D eigenvalue weighted by Crippen LogP contribution is -2.23. The molecular formula is C9H12N4O2. The second-order valence-corrected chi connectivity index (χ2v) is 3.16. The molecule has 2 aromatic heterocycles. The largest absolute Gasteiger partial charge is 0.394 e. The Bertz CT molecular complexity index is 442. The standard InChI is InChI=1S/C9H12N4O2/c14-6-7(15)5-10-8-2-4-13-9(12-8)1-3-11-13/h1-4,7,14-15H,5-6H2,(H,10,12). The smallest absolute Gasteiger partial charge is 0.157 e. The minimum Gasteiger partial charge on any atom is -0.394 e. The molecule has 0 spiro atoms. The van der Waals surface area contributed by atoms with Crippen LogP contribution in [0.4, 0.5) is 5.82 Å². The van der Waals surface area contributed by atoms with Crippen LogP contribution in [0.3, 0.4) is 0 Å². The zero-order chi connectivity index (χ0) is 10.7. The number of aromatic nitrogens is 3. The first kappa shape index (κ1) is 9.88. The number of aliphatic hydroxyl groups excluding tert-OH is 2. The van der Waals surface area contributed by atoms with Crippen molar-refractivity contribution in [3.05, 3.63) is 24.5 Å². The Labute approximate surface area is 86.2 Å². The molecule has 0 saturated carbocycles. The maximum atomic E-state index is 9.13. The average molecular weight is 208 g/mol. The number of hydrogen-bond acceptors (Lipinski definition) is 5. The van der Waals surface area contributed by atoms with Gasteiger partial charge in [0.05, 0.1) is 18.9 Å². The molecule has 0 aliphatic carbocycles. The van der Waals surface area contributed by atoms with Crippen molar-refractivity contribution >= 4 is 11.5 Å². The maximum absolute atomic E-state index is 9.13. The molecular weight excluding hydrogens is 196 g/mol. The third kappa shape index (κ3) is 2.23. The molecule has 6 heteroatoms. The molecule has 80 valence electrons. The SMILES string of the molecule is OCC(O)CNc1ccn2nccc2n1. The number of rotatable bonds is 4. The van der Waals surface area contributed by atoms with Crippen LogP contribution in [-0.2, 0) is 0 Å². The Balaban J connectivity index is 2.08. The Morgan fingerprint density at radius 2 is 2.33 bits per heavy atom. The summed E-state index contributed by atoms with van der Waals surface area (Å²) in [5.74, 6) is 0.649. The van der Waals surface area contributed by atoms with Gasteiger partial charge in [-0.15, -0.1) is 0 Å². The Morgan fingerprint density at radius 1 is 1.47 bits per heavy atom. The molecule has 0 fully saturated rings. The lowest BCUT2D eigenvalue weighted by molar-refractivity contribution is 0.105. The Morgan fingerprint density at radius 3 is 3.13 bits per heavy atom. The van der Waals surface area contributed by atoms with E-state index in [4.69, 9.17) is 10.2 Å². The monoisotopic (exact) mass is 208 g/mol. The van der Waals surface area contributed by atoms with Crippen LogP contribution in [-0.4, -0.2) is 44.1 Å². The van der Waals surface area contributed by atoms with Crippen LogP contribution in [0.15, 0.2) is 24.5 Å². The summed E-state index contributed by atoms with van der Waals surface area (Å²) in [6, 6.07) is 3.54. The fourth-order valence-corrected chi connectivity index (χ4v) is 1.20. The van der Waals surface area contributed by atoms with Crippen molar-refractivity contribution in [1.82, 2.24) is 14.6 Å². The van der Waals surface area contributed by atoms with Crippen molar-refractivity contribution in [2.75, 3.05) is 18.5 Å². The minimum absolute atomic E-state index is 0.262. The van der Waals surface area contributed by atoms with Crippen LogP contribution in [0.1, 0.15) is 0 Å². The van der Waals surface area contributed by atoms with Gasteiger partial charge in [0.15, 0.2) is 5.65 Å². The van der Waals surface area contributed by atoms with Gasteiger partial charge in [0.25, 0.3) is 0 Å². The second kappa shape index (κ2) is 4.24. The normalized spacial score (nSPS) is 12.9. The molecule has 0 amide bonds. The van der Waals surface area contributed by atoms with Crippen molar-refractivity contribution in [2.45, 2.75) is 6.10 Å². The van der Waals surface area contributed by atoms with E-state index in [1.165, 1.54) is 0 Å². The lowest BCUT2D eigenvalue weighted by Gasteiger charge is -2.09. The molecule has 0 radical (unpaired) electrons. The fourth-order valence-electron chi connectivity index (χ4n) is 1.20. The molecule has 0 aliphatic heterocycles. The number of fused-ring (bicyclic) bond motifs is 1. The number of nitrogens with zero attached hydrogens (tertiary/aromatic N) is 3. The van der Waals surface area contributed by atoms with E-state index in [1.54, 1.807) is 29.0 Å². The van der Waals surface area contributed by atoms with E-state index in [0.29, 0.717) is 5.82 Å². The first-order valence-electron chi connectivity index (χ1n) is 4.63. The van der Waals surface area contributed by atoms with Crippen LogP contribution in [0.2, 0.25) is 0 Å². The van der Waals surface area contributed by atoms with E-state index in [-0.39, 0.29) is 13.2 Å². The number of aliphatic hydroxyl groups is 2. The average Bonchev–Trinajstić information content (AvgIpc) is 2.72. The van der Waals surface area contributed by atoms with Crippen molar-refractivity contribution < 1.29 is 10.2 Å². The summed E-state index contributed by atoms with van der Waals surface area (Å²) in [7, 11) is 0. The molecule has 3 N–H and O–H groups in total. The summed E-state index contributed by atoms with van der Waals surface area (Å²) in [6.07, 6.45) is 2.66. The predicted octanol–water partition coefficient (Wildman–Crippen LogP) is -0.506. The summed E-state index contributed by atoms with van der Waals surface area (Å²) in [5, 5.41) is 24.7. The van der Waals surface area contributed by atoms with E-state index >= 15 is 0 Å². The van der Waals surface area contributed by atoms with Gasteiger partial charge in [0.2, 0.25) is 0 Å². The van der Waals surface area contributed by atoms with Crippen molar-refractivity contribution in [2.24, 2.45) is 0 Å². The van der Waals surface area contributed by atoms with Gasteiger partial charge >= 0.3 is 0 Å². The molecule has 15 heavy (non-hydrogen) atoms. The third-order valence-electron chi connectivity index (χ3n) is 1.99. The highest BCUT2D eigenvalue weighted by Crippen LogP contribution is 2.05. The quantitative estimate of drug-likeness (QED) is 0.630. The van der Waals surface area contributed by atoms with E-state index in [0.717, 1.165) is 5.65 Å². The molecule has 1 atom stereocenters. The van der Waals surface area contributed by atoms with Crippen molar-refractivity contribution in [3.63, 3.8) is 0 Å². The van der Waals surface area contributed by atoms with Gasteiger partial charge in [0.1, 0.15) is 5.82 Å². The van der Waals surface area contributed by atoms with Crippen molar-refractivity contribution in [3.8, 4) is 0 Å². The summed E-state index contributed by atoms with van der Waals surface area (Å²) in [5.41, 5.74) is 0.735. The van der Waals surface area contributed by atoms with E-state index < -0.39 is 6.10 Å². The molecule has 1 unspecified atom stereocenters. The topological polar surface area (TPSA) is 82.7 Å². The summed E-state index contributed by atoms with van der Waals surface area (Å²) >= 11 is 0. The van der Waals surface area contributed by atoms with Gasteiger partial charge in [-0.1, -0.05) is 0 Å². The van der Waals surface area contributed by atoms with Crippen LogP contribution < -0.4 is 5.32 Å². The van der Waals surface area contributed by atoms with Gasteiger partial charge in [-0.3, -0.25) is 0 Å². The molecule has 0 bridgehead atoms. The zero-order valence-corrected chi connectivity index (χ0v) is 8.04. The first-order valence-corrected chi connectivity index (χ1v) is 4.63. The molecule has 2 rings (SSSR count). The van der Waals surface area contributed by atoms with E-state index in [2.05, 4.69) is 15.4 Å². The fraction of sp³-hybridized carbons (Fsp3) is 0.333. The summed E-state index contributed by atoms with van der Waals surface area (Å²) in [4.78, 5) is 4.24. The number of anilines is 1. The molecule has 2 heterocycles. The van der Waals surface area contributed by atoms with Crippen LogP contribution in [0.5, 0.6) is 0 Å². The minimum atomic E-state index is -0.770. The highest BCUT2D eigenvalue weighted by Gasteiger charge is 2.02. The highest BCUT2D eigenvalue weighted by molar-refractivity contribution is 5.45. The lowest BCUT2D eigenvalue weighted by atomic mass is 10.4. The highest BCUT2D eigenvalue weighted by atomic mass is 16.3.